The van der Waals surface area contributed by atoms with Crippen LogP contribution < -0.4 is 3.79 Å². The van der Waals surface area contributed by atoms with Crippen molar-refractivity contribution in [1.29, 1.82) is 0 Å². The molecule has 0 aromatic carbocycles. The van der Waals surface area contributed by atoms with E-state index in [1.54, 1.807) is 24.4 Å². The Bertz CT molecular complexity index is 461. The smallest absolute Gasteiger partial charge is 0.482 e. The second kappa shape index (κ2) is 4.39. The number of nitrogens with zero attached hydrogens (tertiary/aromatic N) is 2. The van der Waals surface area contributed by atoms with E-state index in [0.717, 1.165) is 6.20 Å². The van der Waals surface area contributed by atoms with Gasteiger partial charge in [-0.25, -0.2) is 4.39 Å². The summed E-state index contributed by atoms with van der Waals surface area (Å²) >= 11 is 2.15. The maximum absolute atomic E-state index is 12.7. The van der Waals surface area contributed by atoms with E-state index in [1.165, 1.54) is 6.07 Å². The molecule has 0 fully saturated rings. The van der Waals surface area contributed by atoms with Gasteiger partial charge in [-0.2, -0.15) is 0 Å². The van der Waals surface area contributed by atoms with Crippen LogP contribution in [0.15, 0.2) is 36.7 Å². The molecule has 3 nitrogen and oxygen atoms in total. The molecule has 0 unspecified atom stereocenters. The molecule has 0 N–H and O–H groups in total. The Balaban J connectivity index is 2.49. The molecule has 2 rings (SSSR count). The number of rotatable bonds is 2. The fourth-order valence-corrected chi connectivity index (χ4v) is 1.38. The van der Waals surface area contributed by atoms with Gasteiger partial charge in [0, 0.05) is 6.20 Å². The summed E-state index contributed by atoms with van der Waals surface area (Å²) in [4.78, 5) is 8.06. The molecule has 2 aromatic rings. The lowest BCUT2D eigenvalue weighted by Crippen LogP contribution is -1.93. The van der Waals surface area contributed by atoms with Crippen LogP contribution in [0.3, 0.4) is 0 Å². The topological polar surface area (TPSA) is 35.0 Å². The van der Waals surface area contributed by atoms with Gasteiger partial charge in [-0.05, 0) is 24.3 Å². The molecule has 0 spiro atoms. The molecule has 72 valence electrons. The molecule has 0 atom stereocenters. The van der Waals surface area contributed by atoms with E-state index in [9.17, 15) is 4.39 Å². The number of halogens is 1. The summed E-state index contributed by atoms with van der Waals surface area (Å²) in [5.41, 5.74) is 1.17. The lowest BCUT2D eigenvalue weighted by molar-refractivity contribution is 0.612. The van der Waals surface area contributed by atoms with Crippen molar-refractivity contribution in [3.63, 3.8) is 0 Å². The first-order chi connectivity index (χ1) is 7.31. The molecular formula is C10H6AlFN2O. The molecule has 0 saturated heterocycles. The minimum Gasteiger partial charge on any atom is -0.652 e. The van der Waals surface area contributed by atoms with Crippen molar-refractivity contribution < 1.29 is 8.18 Å². The van der Waals surface area contributed by atoms with Crippen molar-refractivity contribution in [2.75, 3.05) is 0 Å². The fourth-order valence-electron chi connectivity index (χ4n) is 1.19. The van der Waals surface area contributed by atoms with E-state index in [-0.39, 0.29) is 5.82 Å². The standard InChI is InChI=1S/C10H7FN2O.Al/c11-7-3-4-8(13-6-7)10-9(14)2-1-5-12-10;/h1-6,14H;/q;+1/p-1. The summed E-state index contributed by atoms with van der Waals surface area (Å²) in [5, 5.41) is 0. The average molecular weight is 216 g/mol. The first kappa shape index (κ1) is 10.1. The number of pyridine rings is 2. The van der Waals surface area contributed by atoms with E-state index in [2.05, 4.69) is 26.6 Å². The van der Waals surface area contributed by atoms with Crippen molar-refractivity contribution in [3.8, 4) is 17.1 Å². The number of hydrogen-bond acceptors (Lipinski definition) is 3. The quantitative estimate of drug-likeness (QED) is 0.717. The van der Waals surface area contributed by atoms with Crippen LogP contribution in [0, 0.1) is 5.82 Å². The minimum atomic E-state index is -0.372. The molecule has 2 radical (unpaired) electrons. The Kier molecular flexibility index (Phi) is 2.95. The van der Waals surface area contributed by atoms with Crippen LogP contribution in [0.5, 0.6) is 5.75 Å². The van der Waals surface area contributed by atoms with Crippen LogP contribution in [0.1, 0.15) is 0 Å². The number of hydrogen-bond donors (Lipinski definition) is 0. The molecule has 5 heteroatoms. The van der Waals surface area contributed by atoms with Gasteiger partial charge < -0.3 is 3.79 Å². The maximum atomic E-state index is 12.7. The summed E-state index contributed by atoms with van der Waals surface area (Å²) < 4.78 is 17.7. The van der Waals surface area contributed by atoms with Gasteiger partial charge in [-0.15, -0.1) is 0 Å². The van der Waals surface area contributed by atoms with E-state index in [1.807, 2.05) is 0 Å². The predicted octanol–water partition coefficient (Wildman–Crippen LogP) is 1.74. The van der Waals surface area contributed by atoms with Crippen LogP contribution in [-0.2, 0) is 0 Å². The Morgan fingerprint density at radius 3 is 2.73 bits per heavy atom. The Hall–Kier alpha value is -1.44. The lowest BCUT2D eigenvalue weighted by Gasteiger charge is -2.07. The summed E-state index contributed by atoms with van der Waals surface area (Å²) in [6.07, 6.45) is 2.78. The highest BCUT2D eigenvalue weighted by molar-refractivity contribution is 6.00. The van der Waals surface area contributed by atoms with Gasteiger partial charge in [0.25, 0.3) is 0 Å². The van der Waals surface area contributed by atoms with Crippen LogP contribution in [-0.4, -0.2) is 26.6 Å². The van der Waals surface area contributed by atoms with Crippen molar-refractivity contribution >= 4 is 16.6 Å². The van der Waals surface area contributed by atoms with Crippen molar-refractivity contribution in [1.82, 2.24) is 9.97 Å². The Morgan fingerprint density at radius 1 is 1.20 bits per heavy atom. The molecule has 0 aliphatic carbocycles. The summed E-state index contributed by atoms with van der Waals surface area (Å²) in [6, 6.07) is 6.42. The largest absolute Gasteiger partial charge is 0.652 e. The summed E-state index contributed by atoms with van der Waals surface area (Å²) in [5.74, 6) is 0.213. The third kappa shape index (κ3) is 2.14. The van der Waals surface area contributed by atoms with Gasteiger partial charge in [-0.3, -0.25) is 9.97 Å². The first-order valence-corrected chi connectivity index (χ1v) is 4.72. The normalized spacial score (nSPS) is 9.93. The average Bonchev–Trinajstić information content (AvgIpc) is 2.30. The van der Waals surface area contributed by atoms with E-state index in [4.69, 9.17) is 3.79 Å². The van der Waals surface area contributed by atoms with Crippen LogP contribution in [0.2, 0.25) is 0 Å². The van der Waals surface area contributed by atoms with Gasteiger partial charge >= 0.3 is 16.6 Å². The highest BCUT2D eigenvalue weighted by atomic mass is 27.1. The highest BCUT2D eigenvalue weighted by Crippen LogP contribution is 2.24. The minimum absolute atomic E-state index is 0.372. The summed E-state index contributed by atoms with van der Waals surface area (Å²) in [6.45, 7) is 0. The SMILES string of the molecule is Fc1ccc(-c2ncccc2[O][Al])nc1. The second-order valence-corrected chi connectivity index (χ2v) is 3.07. The lowest BCUT2D eigenvalue weighted by atomic mass is 10.2. The Morgan fingerprint density at radius 2 is 2.07 bits per heavy atom. The van der Waals surface area contributed by atoms with E-state index >= 15 is 0 Å². The van der Waals surface area contributed by atoms with Gasteiger partial charge in [-0.1, -0.05) is 0 Å². The van der Waals surface area contributed by atoms with Crippen molar-refractivity contribution in [2.45, 2.75) is 0 Å². The van der Waals surface area contributed by atoms with Crippen molar-refractivity contribution in [2.24, 2.45) is 0 Å². The zero-order chi connectivity index (χ0) is 10.7. The molecule has 2 heterocycles. The Labute approximate surface area is 94.7 Å². The third-order valence-electron chi connectivity index (χ3n) is 1.87. The highest BCUT2D eigenvalue weighted by Gasteiger charge is 2.06. The first-order valence-electron chi connectivity index (χ1n) is 4.25. The van der Waals surface area contributed by atoms with Crippen LogP contribution >= 0.6 is 0 Å². The molecule has 0 bridgehead atoms. The monoisotopic (exact) mass is 216 g/mol. The maximum Gasteiger partial charge on any atom is 0.482 e. The molecule has 0 aliphatic rings. The molecule has 15 heavy (non-hydrogen) atoms. The fraction of sp³-hybridized carbons (Fsp3) is 0. The molecule has 0 saturated carbocycles. The predicted molar refractivity (Wildman–Crippen MR) is 53.8 cm³/mol. The van der Waals surface area contributed by atoms with Gasteiger partial charge in [0.2, 0.25) is 0 Å². The van der Waals surface area contributed by atoms with Crippen LogP contribution in [0.4, 0.5) is 4.39 Å². The summed E-state index contributed by atoms with van der Waals surface area (Å²) in [7, 11) is 0. The number of aromatic nitrogens is 2. The third-order valence-corrected chi connectivity index (χ3v) is 2.12. The van der Waals surface area contributed by atoms with E-state index in [0.29, 0.717) is 17.1 Å². The molecule has 0 amide bonds. The molecular weight excluding hydrogens is 210 g/mol. The zero-order valence-electron chi connectivity index (χ0n) is 7.72. The molecule has 0 aliphatic heterocycles. The van der Waals surface area contributed by atoms with Gasteiger partial charge in [0.1, 0.15) is 17.3 Å². The van der Waals surface area contributed by atoms with Crippen molar-refractivity contribution in [3.05, 3.63) is 42.5 Å². The second-order valence-electron chi connectivity index (χ2n) is 2.83. The van der Waals surface area contributed by atoms with Crippen LogP contribution in [0.25, 0.3) is 11.4 Å². The molecule has 2 aromatic heterocycles. The zero-order valence-corrected chi connectivity index (χ0v) is 8.88. The van der Waals surface area contributed by atoms with Gasteiger partial charge in [0.05, 0.1) is 11.9 Å². The van der Waals surface area contributed by atoms with E-state index < -0.39 is 0 Å². The van der Waals surface area contributed by atoms with Gasteiger partial charge in [0.15, 0.2) is 0 Å².